The molecule has 0 atom stereocenters. The lowest BCUT2D eigenvalue weighted by atomic mass is 9.90. The summed E-state index contributed by atoms with van der Waals surface area (Å²) in [5.74, 6) is 0. The number of unbranched alkanes of at least 4 members (excludes halogenated alkanes) is 1. The summed E-state index contributed by atoms with van der Waals surface area (Å²) in [7, 11) is 0. The van der Waals surface area contributed by atoms with Gasteiger partial charge in [-0.15, -0.1) is 0 Å². The minimum absolute atomic E-state index is 0.241. The molecule has 0 unspecified atom stereocenters. The first-order chi connectivity index (χ1) is 16.2. The van der Waals surface area contributed by atoms with Crippen molar-refractivity contribution in [1.29, 1.82) is 0 Å². The second kappa shape index (κ2) is 10.5. The molecule has 3 aliphatic rings. The molecular weight excluding hydrogens is 416 g/mol. The largest absolute Gasteiger partial charge is 0.369 e. The Morgan fingerprint density at radius 3 is 1.82 bits per heavy atom. The van der Waals surface area contributed by atoms with Gasteiger partial charge in [-0.3, -0.25) is 0 Å². The third kappa shape index (κ3) is 5.42. The number of benzene rings is 2. The van der Waals surface area contributed by atoms with Crippen LogP contribution in [0.3, 0.4) is 0 Å². The Hall–Kier alpha value is -1.96. The summed E-state index contributed by atoms with van der Waals surface area (Å²) in [5.41, 5.74) is 4.52. The Labute approximate surface area is 197 Å². The first-order valence-corrected chi connectivity index (χ1v) is 12.4. The number of piperazine rings is 1. The zero-order valence-electron chi connectivity index (χ0n) is 19.6. The van der Waals surface area contributed by atoms with Gasteiger partial charge in [-0.2, -0.15) is 0 Å². The molecule has 3 fully saturated rings. The summed E-state index contributed by atoms with van der Waals surface area (Å²) in [6.45, 7) is 8.67. The van der Waals surface area contributed by atoms with E-state index in [1.54, 1.807) is 0 Å². The van der Waals surface area contributed by atoms with Gasteiger partial charge >= 0.3 is 0 Å². The lowest BCUT2D eigenvalue weighted by molar-refractivity contribution is -0.307. The highest BCUT2D eigenvalue weighted by atomic mass is 16.7. The minimum Gasteiger partial charge on any atom is -0.369 e. The standard InChI is InChI=1S/C27H36N2O4/c1-2-3-4-21-5-7-22(8-6-21)25-30-17-27(18-31-25)19-32-26(33-20-27)23-9-11-24(12-10-23)29-15-13-28-14-16-29/h5-12,25-26,28H,2-4,13-20H2,1H3. The number of nitrogens with zero attached hydrogens (tertiary/aromatic N) is 1. The molecule has 3 heterocycles. The summed E-state index contributed by atoms with van der Waals surface area (Å²) in [6.07, 6.45) is 2.92. The molecule has 0 saturated carbocycles. The number of rotatable bonds is 6. The van der Waals surface area contributed by atoms with Crippen LogP contribution in [0, 0.1) is 5.41 Å². The van der Waals surface area contributed by atoms with Gasteiger partial charge in [-0.25, -0.2) is 0 Å². The highest BCUT2D eigenvalue weighted by Crippen LogP contribution is 2.38. The van der Waals surface area contributed by atoms with Crippen molar-refractivity contribution in [3.05, 3.63) is 65.2 Å². The summed E-state index contributed by atoms with van der Waals surface area (Å²) >= 11 is 0. The topological polar surface area (TPSA) is 52.2 Å². The summed E-state index contributed by atoms with van der Waals surface area (Å²) in [6, 6.07) is 17.2. The Morgan fingerprint density at radius 1 is 0.788 bits per heavy atom. The van der Waals surface area contributed by atoms with E-state index < -0.39 is 0 Å². The summed E-state index contributed by atoms with van der Waals surface area (Å²) < 4.78 is 24.5. The molecule has 2 aromatic rings. The molecule has 3 saturated heterocycles. The van der Waals surface area contributed by atoms with Crippen LogP contribution in [0.15, 0.2) is 48.5 Å². The van der Waals surface area contributed by atoms with Crippen LogP contribution >= 0.6 is 0 Å². The second-order valence-corrected chi connectivity index (χ2v) is 9.58. The van der Waals surface area contributed by atoms with Gasteiger partial charge in [0.1, 0.15) is 0 Å². The van der Waals surface area contributed by atoms with E-state index in [-0.39, 0.29) is 18.0 Å². The molecule has 0 aliphatic carbocycles. The second-order valence-electron chi connectivity index (χ2n) is 9.58. The predicted molar refractivity (Wildman–Crippen MR) is 128 cm³/mol. The van der Waals surface area contributed by atoms with E-state index in [9.17, 15) is 0 Å². The fraction of sp³-hybridized carbons (Fsp3) is 0.556. The quantitative estimate of drug-likeness (QED) is 0.709. The van der Waals surface area contributed by atoms with Gasteiger partial charge in [0.25, 0.3) is 0 Å². The van der Waals surface area contributed by atoms with Crippen LogP contribution in [-0.4, -0.2) is 52.6 Å². The Kier molecular flexibility index (Phi) is 7.28. The van der Waals surface area contributed by atoms with Crippen LogP contribution in [0.5, 0.6) is 0 Å². The monoisotopic (exact) mass is 452 g/mol. The predicted octanol–water partition coefficient (Wildman–Crippen LogP) is 4.22. The maximum atomic E-state index is 6.13. The SMILES string of the molecule is CCCCc1ccc(C2OCC3(CO2)COC(c2ccc(N4CCNCC4)cc2)OC3)cc1. The Morgan fingerprint density at radius 2 is 1.30 bits per heavy atom. The molecule has 6 nitrogen and oxygen atoms in total. The van der Waals surface area contributed by atoms with E-state index in [4.69, 9.17) is 18.9 Å². The maximum Gasteiger partial charge on any atom is 0.183 e. The first-order valence-electron chi connectivity index (χ1n) is 12.4. The van der Waals surface area contributed by atoms with Crippen molar-refractivity contribution >= 4 is 5.69 Å². The van der Waals surface area contributed by atoms with E-state index in [0.29, 0.717) is 26.4 Å². The van der Waals surface area contributed by atoms with Crippen LogP contribution in [0.1, 0.15) is 49.0 Å². The molecule has 1 N–H and O–H groups in total. The van der Waals surface area contributed by atoms with Crippen molar-refractivity contribution in [1.82, 2.24) is 5.32 Å². The van der Waals surface area contributed by atoms with Crippen molar-refractivity contribution in [3.8, 4) is 0 Å². The molecular formula is C27H36N2O4. The van der Waals surface area contributed by atoms with Gasteiger partial charge in [0.15, 0.2) is 12.6 Å². The van der Waals surface area contributed by atoms with Gasteiger partial charge in [0.05, 0.1) is 31.8 Å². The number of anilines is 1. The van der Waals surface area contributed by atoms with E-state index in [1.807, 2.05) is 0 Å². The van der Waals surface area contributed by atoms with Crippen molar-refractivity contribution < 1.29 is 18.9 Å². The number of hydrogen-bond donors (Lipinski definition) is 1. The smallest absolute Gasteiger partial charge is 0.183 e. The zero-order chi connectivity index (χ0) is 22.5. The molecule has 0 aromatic heterocycles. The number of ether oxygens (including phenoxy) is 4. The van der Waals surface area contributed by atoms with Crippen LogP contribution in [-0.2, 0) is 25.4 Å². The summed E-state index contributed by atoms with van der Waals surface area (Å²) in [4.78, 5) is 2.41. The molecule has 5 rings (SSSR count). The van der Waals surface area contributed by atoms with Crippen LogP contribution < -0.4 is 10.2 Å². The average molecular weight is 453 g/mol. The van der Waals surface area contributed by atoms with Gasteiger partial charge < -0.3 is 29.2 Å². The lowest BCUT2D eigenvalue weighted by Gasteiger charge is -2.43. The minimum atomic E-state index is -0.332. The molecule has 0 radical (unpaired) electrons. The maximum absolute atomic E-state index is 6.13. The third-order valence-corrected chi connectivity index (χ3v) is 6.88. The molecule has 1 spiro atoms. The van der Waals surface area contributed by atoms with Crippen LogP contribution in [0.25, 0.3) is 0 Å². The van der Waals surface area contributed by atoms with E-state index >= 15 is 0 Å². The number of nitrogens with one attached hydrogen (secondary N) is 1. The fourth-order valence-corrected chi connectivity index (χ4v) is 4.73. The van der Waals surface area contributed by atoms with Gasteiger partial charge in [0.2, 0.25) is 0 Å². The fourth-order valence-electron chi connectivity index (χ4n) is 4.73. The first kappa shape index (κ1) is 22.8. The van der Waals surface area contributed by atoms with Crippen molar-refractivity contribution in [2.45, 2.75) is 38.8 Å². The highest BCUT2D eigenvalue weighted by molar-refractivity contribution is 5.48. The van der Waals surface area contributed by atoms with E-state index in [1.165, 1.54) is 24.1 Å². The Balaban J connectivity index is 1.11. The molecule has 2 aromatic carbocycles. The molecule has 0 amide bonds. The van der Waals surface area contributed by atoms with E-state index in [0.717, 1.165) is 43.7 Å². The Bertz CT molecular complexity index is 862. The molecule has 33 heavy (non-hydrogen) atoms. The lowest BCUT2D eigenvalue weighted by Crippen LogP contribution is -2.49. The highest BCUT2D eigenvalue weighted by Gasteiger charge is 2.42. The van der Waals surface area contributed by atoms with Crippen LogP contribution in [0.2, 0.25) is 0 Å². The molecule has 0 bridgehead atoms. The van der Waals surface area contributed by atoms with Crippen LogP contribution in [0.4, 0.5) is 5.69 Å². The van der Waals surface area contributed by atoms with Crippen molar-refractivity contribution in [2.24, 2.45) is 5.41 Å². The molecule has 3 aliphatic heterocycles. The van der Waals surface area contributed by atoms with Crippen molar-refractivity contribution in [3.63, 3.8) is 0 Å². The average Bonchev–Trinajstić information content (AvgIpc) is 2.89. The third-order valence-electron chi connectivity index (χ3n) is 6.88. The summed E-state index contributed by atoms with van der Waals surface area (Å²) in [5, 5.41) is 3.39. The normalized spacial score (nSPS) is 28.2. The van der Waals surface area contributed by atoms with Gasteiger partial charge in [-0.05, 0) is 30.5 Å². The zero-order valence-corrected chi connectivity index (χ0v) is 19.6. The number of aryl methyl sites for hydroxylation is 1. The van der Waals surface area contributed by atoms with Gasteiger partial charge in [-0.1, -0.05) is 49.7 Å². The molecule has 6 heteroatoms. The molecule has 178 valence electrons. The van der Waals surface area contributed by atoms with Crippen molar-refractivity contribution in [2.75, 3.05) is 57.5 Å². The van der Waals surface area contributed by atoms with Gasteiger partial charge in [0, 0.05) is 43.0 Å². The number of hydrogen-bond acceptors (Lipinski definition) is 6. The van der Waals surface area contributed by atoms with E-state index in [2.05, 4.69) is 65.7 Å².